The lowest BCUT2D eigenvalue weighted by atomic mass is 9.78. The minimum Gasteiger partial charge on any atom is -0.353 e. The number of thiazole rings is 1. The van der Waals surface area contributed by atoms with Gasteiger partial charge in [-0.3, -0.25) is 4.79 Å². The van der Waals surface area contributed by atoms with Crippen molar-refractivity contribution in [2.75, 3.05) is 0 Å². The molecule has 0 radical (unpaired) electrons. The molecule has 0 spiro atoms. The third-order valence-corrected chi connectivity index (χ3v) is 6.09. The zero-order chi connectivity index (χ0) is 16.9. The van der Waals surface area contributed by atoms with Crippen LogP contribution in [0.4, 0.5) is 0 Å². The van der Waals surface area contributed by atoms with Crippen molar-refractivity contribution in [2.24, 2.45) is 11.8 Å². The molecule has 4 heteroatoms. The predicted molar refractivity (Wildman–Crippen MR) is 99.2 cm³/mol. The molecule has 0 aliphatic heterocycles. The van der Waals surface area contributed by atoms with Crippen LogP contribution in [0.1, 0.15) is 49.4 Å². The number of hydrogen-bond acceptors (Lipinski definition) is 3. The van der Waals surface area contributed by atoms with Gasteiger partial charge in [-0.05, 0) is 23.8 Å². The van der Waals surface area contributed by atoms with Gasteiger partial charge in [0.15, 0.2) is 0 Å². The number of aromatic nitrogens is 1. The average molecular weight is 343 g/mol. The van der Waals surface area contributed by atoms with E-state index in [1.54, 1.807) is 11.3 Å². The van der Waals surface area contributed by atoms with Crippen LogP contribution in [0.3, 0.4) is 0 Å². The van der Waals surface area contributed by atoms with Crippen LogP contribution < -0.4 is 5.32 Å². The first kappa shape index (κ1) is 17.2. The molecule has 128 valence electrons. The highest BCUT2D eigenvalue weighted by Crippen LogP contribution is 2.29. The Hall–Kier alpha value is -1.68. The summed E-state index contributed by atoms with van der Waals surface area (Å²) < 4.78 is 0. The van der Waals surface area contributed by atoms with E-state index >= 15 is 0 Å². The van der Waals surface area contributed by atoms with E-state index < -0.39 is 0 Å². The van der Waals surface area contributed by atoms with Crippen molar-refractivity contribution in [1.29, 1.82) is 0 Å². The summed E-state index contributed by atoms with van der Waals surface area (Å²) in [6.07, 6.45) is 4.83. The van der Waals surface area contributed by atoms with Crippen LogP contribution in [-0.4, -0.2) is 16.9 Å². The smallest absolute Gasteiger partial charge is 0.226 e. The number of hydrogen-bond donors (Lipinski definition) is 1. The number of benzene rings is 1. The van der Waals surface area contributed by atoms with Gasteiger partial charge in [0.25, 0.3) is 0 Å². The van der Waals surface area contributed by atoms with Crippen molar-refractivity contribution in [3.63, 3.8) is 0 Å². The Labute approximate surface area is 148 Å². The van der Waals surface area contributed by atoms with Crippen LogP contribution in [-0.2, 0) is 17.6 Å². The molecule has 1 heterocycles. The molecule has 1 amide bonds. The van der Waals surface area contributed by atoms with Gasteiger partial charge in [-0.1, -0.05) is 57.0 Å². The summed E-state index contributed by atoms with van der Waals surface area (Å²) in [4.78, 5) is 17.0. The van der Waals surface area contributed by atoms with Gasteiger partial charge >= 0.3 is 0 Å². The molecule has 1 aromatic carbocycles. The maximum atomic E-state index is 12.4. The molecular weight excluding hydrogens is 316 g/mol. The fraction of sp³-hybridized carbons (Fsp3) is 0.500. The van der Waals surface area contributed by atoms with E-state index in [0.717, 1.165) is 23.5 Å². The Morgan fingerprint density at radius 2 is 2.04 bits per heavy atom. The second kappa shape index (κ2) is 7.93. The van der Waals surface area contributed by atoms with E-state index in [0.29, 0.717) is 24.3 Å². The van der Waals surface area contributed by atoms with E-state index in [1.165, 1.54) is 18.4 Å². The second-order valence-electron chi connectivity index (χ2n) is 7.01. The first-order valence-corrected chi connectivity index (χ1v) is 9.76. The van der Waals surface area contributed by atoms with Gasteiger partial charge in [-0.15, -0.1) is 11.3 Å². The molecule has 2 aromatic rings. The van der Waals surface area contributed by atoms with E-state index in [1.807, 2.05) is 23.6 Å². The average Bonchev–Trinajstić information content (AvgIpc) is 2.99. The minimum absolute atomic E-state index is 0.109. The fourth-order valence-corrected chi connectivity index (χ4v) is 4.32. The largest absolute Gasteiger partial charge is 0.353 e. The van der Waals surface area contributed by atoms with Crippen molar-refractivity contribution in [1.82, 2.24) is 10.3 Å². The quantitative estimate of drug-likeness (QED) is 0.884. The molecule has 1 fully saturated rings. The van der Waals surface area contributed by atoms with Crippen molar-refractivity contribution in [3.8, 4) is 0 Å². The third kappa shape index (κ3) is 4.44. The standard InChI is InChI=1S/C20H26N2OS/c1-14-7-6-10-18(15(14)2)22-19(23)12-17-13-24-20(21-17)11-16-8-4-3-5-9-16/h3-5,8-9,13-15,18H,6-7,10-12H2,1-2H3,(H,22,23)/t14-,15-,18+/m1/s1. The van der Waals surface area contributed by atoms with Crippen LogP contribution >= 0.6 is 11.3 Å². The maximum absolute atomic E-state index is 12.4. The third-order valence-electron chi connectivity index (χ3n) is 5.19. The maximum Gasteiger partial charge on any atom is 0.226 e. The number of rotatable bonds is 5. The summed E-state index contributed by atoms with van der Waals surface area (Å²) in [6.45, 7) is 4.55. The Kier molecular flexibility index (Phi) is 5.67. The monoisotopic (exact) mass is 342 g/mol. The highest BCUT2D eigenvalue weighted by atomic mass is 32.1. The lowest BCUT2D eigenvalue weighted by Gasteiger charge is -2.34. The van der Waals surface area contributed by atoms with Gasteiger partial charge in [0.1, 0.15) is 0 Å². The second-order valence-corrected chi connectivity index (χ2v) is 7.96. The SMILES string of the molecule is C[C@@H]1[C@H](C)CCC[C@@H]1NC(=O)Cc1csc(Cc2ccccc2)n1. The van der Waals surface area contributed by atoms with Crippen molar-refractivity contribution >= 4 is 17.2 Å². The van der Waals surface area contributed by atoms with Crippen LogP contribution in [0, 0.1) is 11.8 Å². The molecule has 0 saturated heterocycles. The molecule has 24 heavy (non-hydrogen) atoms. The van der Waals surface area contributed by atoms with Crippen molar-refractivity contribution in [3.05, 3.63) is 52.0 Å². The van der Waals surface area contributed by atoms with E-state index in [9.17, 15) is 4.79 Å². The molecule has 3 atom stereocenters. The van der Waals surface area contributed by atoms with Crippen LogP contribution in [0.5, 0.6) is 0 Å². The summed E-state index contributed by atoms with van der Waals surface area (Å²) in [5, 5.41) is 6.32. The Morgan fingerprint density at radius 3 is 2.83 bits per heavy atom. The van der Waals surface area contributed by atoms with Gasteiger partial charge in [-0.25, -0.2) is 4.98 Å². The normalized spacial score (nSPS) is 23.8. The molecule has 0 bridgehead atoms. The Morgan fingerprint density at radius 1 is 1.25 bits per heavy atom. The Bertz CT molecular complexity index is 667. The van der Waals surface area contributed by atoms with E-state index in [4.69, 9.17) is 0 Å². The van der Waals surface area contributed by atoms with Gasteiger partial charge in [0.05, 0.1) is 17.1 Å². The number of nitrogens with one attached hydrogen (secondary N) is 1. The molecule has 1 saturated carbocycles. The van der Waals surface area contributed by atoms with Gasteiger partial charge in [-0.2, -0.15) is 0 Å². The van der Waals surface area contributed by atoms with Crippen molar-refractivity contribution in [2.45, 2.75) is 52.0 Å². The van der Waals surface area contributed by atoms with E-state index in [2.05, 4.69) is 36.3 Å². The summed E-state index contributed by atoms with van der Waals surface area (Å²) in [6, 6.07) is 10.7. The van der Waals surface area contributed by atoms with E-state index in [-0.39, 0.29) is 5.91 Å². The van der Waals surface area contributed by atoms with Gasteiger partial charge in [0, 0.05) is 17.8 Å². The zero-order valence-corrected chi connectivity index (χ0v) is 15.3. The number of amides is 1. The van der Waals surface area contributed by atoms with Crippen LogP contribution in [0.15, 0.2) is 35.7 Å². The van der Waals surface area contributed by atoms with Crippen LogP contribution in [0.2, 0.25) is 0 Å². The molecular formula is C20H26N2OS. The lowest BCUT2D eigenvalue weighted by molar-refractivity contribution is -0.121. The molecule has 0 unspecified atom stereocenters. The summed E-state index contributed by atoms with van der Waals surface area (Å²) in [5.74, 6) is 1.37. The first-order chi connectivity index (χ1) is 11.6. The zero-order valence-electron chi connectivity index (χ0n) is 14.5. The van der Waals surface area contributed by atoms with Gasteiger partial charge < -0.3 is 5.32 Å². The number of carbonyl (C=O) groups excluding carboxylic acids is 1. The Balaban J connectivity index is 1.53. The van der Waals surface area contributed by atoms with Crippen molar-refractivity contribution < 1.29 is 4.79 Å². The summed E-state index contributed by atoms with van der Waals surface area (Å²) in [5.41, 5.74) is 2.15. The summed E-state index contributed by atoms with van der Waals surface area (Å²) in [7, 11) is 0. The molecule has 3 nitrogen and oxygen atoms in total. The minimum atomic E-state index is 0.109. The summed E-state index contributed by atoms with van der Waals surface area (Å²) >= 11 is 1.64. The van der Waals surface area contributed by atoms with Gasteiger partial charge in [0.2, 0.25) is 5.91 Å². The highest BCUT2D eigenvalue weighted by Gasteiger charge is 2.28. The molecule has 1 aromatic heterocycles. The predicted octanol–water partition coefficient (Wildman–Crippen LogP) is 4.22. The molecule has 1 N–H and O–H groups in total. The topological polar surface area (TPSA) is 42.0 Å². The highest BCUT2D eigenvalue weighted by molar-refractivity contribution is 7.09. The first-order valence-electron chi connectivity index (χ1n) is 8.88. The number of carbonyl (C=O) groups is 1. The van der Waals surface area contributed by atoms with Crippen LogP contribution in [0.25, 0.3) is 0 Å². The molecule has 1 aliphatic rings. The lowest BCUT2D eigenvalue weighted by Crippen LogP contribution is -2.44. The molecule has 1 aliphatic carbocycles. The fourth-order valence-electron chi connectivity index (χ4n) is 3.49. The molecule has 3 rings (SSSR count). The number of nitrogens with zero attached hydrogens (tertiary/aromatic N) is 1.